The lowest BCUT2D eigenvalue weighted by Crippen LogP contribution is -2.66. The highest BCUT2D eigenvalue weighted by Gasteiger charge is 2.37. The van der Waals surface area contributed by atoms with Crippen molar-refractivity contribution in [3.8, 4) is 0 Å². The van der Waals surface area contributed by atoms with Crippen LogP contribution in [0.4, 0.5) is 0 Å². The van der Waals surface area contributed by atoms with Gasteiger partial charge in [0.2, 0.25) is 5.91 Å². The molecule has 0 bridgehead atoms. The molecule has 1 aliphatic heterocycles. The largest absolute Gasteiger partial charge is 0.336 e. The molecule has 1 atom stereocenters. The van der Waals surface area contributed by atoms with Crippen molar-refractivity contribution in [3.63, 3.8) is 0 Å². The third kappa shape index (κ3) is 3.32. The highest BCUT2D eigenvalue weighted by Crippen LogP contribution is 2.15. The number of hydrogen-bond donors (Lipinski definition) is 1. The smallest absolute Gasteiger partial charge is 0.241 e. The average molecular weight is 225 g/mol. The number of piperazine rings is 1. The normalized spacial score (nSPS) is 24.9. The fraction of sp³-hybridized carbons (Fsp3) is 0.750. The first kappa shape index (κ1) is 13.2. The molecule has 4 nitrogen and oxygen atoms in total. The van der Waals surface area contributed by atoms with Crippen LogP contribution in [0.1, 0.15) is 13.8 Å². The molecule has 0 radical (unpaired) electrons. The van der Waals surface area contributed by atoms with Crippen LogP contribution >= 0.6 is 0 Å². The monoisotopic (exact) mass is 225 g/mol. The van der Waals surface area contributed by atoms with Gasteiger partial charge in [-0.05, 0) is 27.9 Å². The summed E-state index contributed by atoms with van der Waals surface area (Å²) in [6.07, 6.45) is 1.78. The molecule has 1 heterocycles. The molecule has 0 saturated carbocycles. The Hall–Kier alpha value is -0.870. The number of hydrogen-bond acceptors (Lipinski definition) is 3. The Labute approximate surface area is 98.3 Å². The molecule has 16 heavy (non-hydrogen) atoms. The van der Waals surface area contributed by atoms with Crippen molar-refractivity contribution in [2.45, 2.75) is 25.4 Å². The topological polar surface area (TPSA) is 35.6 Å². The molecule has 1 unspecified atom stereocenters. The van der Waals surface area contributed by atoms with Gasteiger partial charge in [0.25, 0.3) is 0 Å². The second kappa shape index (κ2) is 4.97. The number of likely N-dealkylation sites (N-methyl/N-ethyl adjacent to an activating group) is 1. The van der Waals surface area contributed by atoms with Gasteiger partial charge in [-0.3, -0.25) is 10.1 Å². The number of rotatable bonds is 4. The van der Waals surface area contributed by atoms with Crippen molar-refractivity contribution >= 4 is 5.91 Å². The Bertz CT molecular complexity index is 273. The van der Waals surface area contributed by atoms with Gasteiger partial charge in [-0.2, -0.15) is 0 Å². The predicted octanol–water partition coefficient (Wildman–Crippen LogP) is 0.313. The molecule has 1 rings (SSSR count). The van der Waals surface area contributed by atoms with E-state index in [-0.39, 0.29) is 17.5 Å². The maximum Gasteiger partial charge on any atom is 0.241 e. The third-order valence-electron chi connectivity index (χ3n) is 2.66. The van der Waals surface area contributed by atoms with E-state index < -0.39 is 0 Å². The summed E-state index contributed by atoms with van der Waals surface area (Å²) in [5.74, 6) is 0.174. The molecule has 0 aliphatic carbocycles. The van der Waals surface area contributed by atoms with Gasteiger partial charge >= 0.3 is 0 Å². The number of nitrogens with one attached hydrogen (secondary N) is 1. The highest BCUT2D eigenvalue weighted by atomic mass is 16.2. The minimum atomic E-state index is -0.112. The first-order valence-corrected chi connectivity index (χ1v) is 5.68. The minimum absolute atomic E-state index is 0.0302. The maximum absolute atomic E-state index is 12.1. The van der Waals surface area contributed by atoms with E-state index in [0.717, 1.165) is 13.1 Å². The highest BCUT2D eigenvalue weighted by molar-refractivity contribution is 5.83. The van der Waals surface area contributed by atoms with Gasteiger partial charge in [0.1, 0.15) is 6.04 Å². The molecule has 0 spiro atoms. The first-order valence-electron chi connectivity index (χ1n) is 5.68. The van der Waals surface area contributed by atoms with Crippen LogP contribution in [-0.4, -0.2) is 61.0 Å². The third-order valence-corrected chi connectivity index (χ3v) is 2.66. The SMILES string of the molecule is C=CCN1CC(C)(C)NC(CN(C)C)C1=O. The van der Waals surface area contributed by atoms with Gasteiger partial charge in [0, 0.05) is 25.2 Å². The van der Waals surface area contributed by atoms with E-state index in [1.807, 2.05) is 23.9 Å². The lowest BCUT2D eigenvalue weighted by atomic mass is 9.97. The van der Waals surface area contributed by atoms with Crippen LogP contribution in [0, 0.1) is 0 Å². The molecule has 0 aromatic carbocycles. The van der Waals surface area contributed by atoms with Gasteiger partial charge in [-0.1, -0.05) is 6.08 Å². The molecule has 92 valence electrons. The maximum atomic E-state index is 12.1. The van der Waals surface area contributed by atoms with Gasteiger partial charge in [-0.15, -0.1) is 6.58 Å². The molecule has 0 aromatic rings. The second-order valence-electron chi connectivity index (χ2n) is 5.35. The molecule has 1 saturated heterocycles. The van der Waals surface area contributed by atoms with E-state index >= 15 is 0 Å². The zero-order chi connectivity index (χ0) is 12.3. The zero-order valence-corrected chi connectivity index (χ0v) is 10.8. The number of nitrogens with zero attached hydrogens (tertiary/aromatic N) is 2. The van der Waals surface area contributed by atoms with Gasteiger partial charge in [-0.25, -0.2) is 0 Å². The summed E-state index contributed by atoms with van der Waals surface area (Å²) in [5.41, 5.74) is -0.0302. The quantitative estimate of drug-likeness (QED) is 0.700. The van der Waals surface area contributed by atoms with Crippen LogP contribution in [0.25, 0.3) is 0 Å². The van der Waals surface area contributed by atoms with Crippen LogP contribution in [-0.2, 0) is 4.79 Å². The summed E-state index contributed by atoms with van der Waals surface area (Å²) in [6.45, 7) is 10.0. The molecular weight excluding hydrogens is 202 g/mol. The van der Waals surface area contributed by atoms with Crippen molar-refractivity contribution in [1.29, 1.82) is 0 Å². The van der Waals surface area contributed by atoms with Gasteiger partial charge in [0.05, 0.1) is 0 Å². The Kier molecular flexibility index (Phi) is 4.10. The van der Waals surface area contributed by atoms with Crippen molar-refractivity contribution in [1.82, 2.24) is 15.1 Å². The lowest BCUT2D eigenvalue weighted by Gasteiger charge is -2.43. The molecule has 1 aliphatic rings. The van der Waals surface area contributed by atoms with Crippen LogP contribution < -0.4 is 5.32 Å². The summed E-state index contributed by atoms with van der Waals surface area (Å²) in [6, 6.07) is -0.112. The molecular formula is C12H23N3O. The standard InChI is InChI=1S/C12H23N3O/c1-6-7-15-9-12(2,3)13-10(11(15)16)8-14(4)5/h6,10,13H,1,7-9H2,2-5H3. The van der Waals surface area contributed by atoms with Gasteiger partial charge in [0.15, 0.2) is 0 Å². The Morgan fingerprint density at radius 2 is 2.25 bits per heavy atom. The number of amides is 1. The first-order chi connectivity index (χ1) is 7.35. The molecule has 1 fully saturated rings. The van der Waals surface area contributed by atoms with Crippen LogP contribution in [0.3, 0.4) is 0 Å². The van der Waals surface area contributed by atoms with E-state index in [1.54, 1.807) is 6.08 Å². The van der Waals surface area contributed by atoms with Crippen LogP contribution in [0.2, 0.25) is 0 Å². The van der Waals surface area contributed by atoms with Crippen molar-refractivity contribution in [2.75, 3.05) is 33.7 Å². The summed E-state index contributed by atoms with van der Waals surface area (Å²) in [5, 5.41) is 3.40. The van der Waals surface area contributed by atoms with E-state index in [2.05, 4.69) is 25.7 Å². The molecule has 1 amide bonds. The van der Waals surface area contributed by atoms with Crippen molar-refractivity contribution in [3.05, 3.63) is 12.7 Å². The predicted molar refractivity (Wildman–Crippen MR) is 66.3 cm³/mol. The minimum Gasteiger partial charge on any atom is -0.336 e. The van der Waals surface area contributed by atoms with Gasteiger partial charge < -0.3 is 9.80 Å². The Balaban J connectivity index is 2.76. The average Bonchev–Trinajstić information content (AvgIpc) is 2.11. The van der Waals surface area contributed by atoms with E-state index in [4.69, 9.17) is 0 Å². The summed E-state index contributed by atoms with van der Waals surface area (Å²) >= 11 is 0. The number of carbonyl (C=O) groups is 1. The summed E-state index contributed by atoms with van der Waals surface area (Å²) in [7, 11) is 3.96. The van der Waals surface area contributed by atoms with Crippen molar-refractivity contribution in [2.24, 2.45) is 0 Å². The molecule has 4 heteroatoms. The Morgan fingerprint density at radius 1 is 1.62 bits per heavy atom. The Morgan fingerprint density at radius 3 is 2.75 bits per heavy atom. The summed E-state index contributed by atoms with van der Waals surface area (Å²) < 4.78 is 0. The molecule has 0 aromatic heterocycles. The fourth-order valence-electron chi connectivity index (χ4n) is 2.15. The summed E-state index contributed by atoms with van der Waals surface area (Å²) in [4.78, 5) is 16.0. The lowest BCUT2D eigenvalue weighted by molar-refractivity contribution is -0.138. The van der Waals surface area contributed by atoms with E-state index in [1.165, 1.54) is 0 Å². The van der Waals surface area contributed by atoms with Crippen molar-refractivity contribution < 1.29 is 4.79 Å². The van der Waals surface area contributed by atoms with Crippen LogP contribution in [0.15, 0.2) is 12.7 Å². The molecule has 1 N–H and O–H groups in total. The number of carbonyl (C=O) groups excluding carboxylic acids is 1. The van der Waals surface area contributed by atoms with E-state index in [9.17, 15) is 4.79 Å². The second-order valence-corrected chi connectivity index (χ2v) is 5.35. The van der Waals surface area contributed by atoms with Crippen LogP contribution in [0.5, 0.6) is 0 Å². The fourth-order valence-corrected chi connectivity index (χ4v) is 2.15. The van der Waals surface area contributed by atoms with E-state index in [0.29, 0.717) is 6.54 Å². The zero-order valence-electron chi connectivity index (χ0n) is 10.8.